The van der Waals surface area contributed by atoms with Gasteiger partial charge in [0.05, 0.1) is 12.2 Å². The maximum Gasteiger partial charge on any atom is 0.338 e. The van der Waals surface area contributed by atoms with Crippen molar-refractivity contribution in [3.8, 4) is 6.07 Å². The normalized spacial score (nSPS) is 11.1. The quantitative estimate of drug-likeness (QED) is 0.561. The van der Waals surface area contributed by atoms with Gasteiger partial charge in [-0.15, -0.1) is 0 Å². The number of allylic oxidation sites excluding steroid dienone is 1. The summed E-state index contributed by atoms with van der Waals surface area (Å²) >= 11 is 0. The highest BCUT2D eigenvalue weighted by atomic mass is 16.5. The molecule has 1 N–H and O–H groups in total. The Morgan fingerprint density at radius 3 is 2.72 bits per heavy atom. The molecule has 0 saturated heterocycles. The molecule has 3 aromatic rings. The molecule has 1 heterocycles. The molecule has 0 unspecified atom stereocenters. The van der Waals surface area contributed by atoms with Gasteiger partial charge in [-0.3, -0.25) is 0 Å². The Bertz CT molecular complexity index is 932. The number of nitriles is 1. The summed E-state index contributed by atoms with van der Waals surface area (Å²) in [5.74, 6) is -0.117. The van der Waals surface area contributed by atoms with Gasteiger partial charge in [-0.25, -0.2) is 9.78 Å². The first-order valence-electron chi connectivity index (χ1n) is 7.71. The molecule has 0 radical (unpaired) electrons. The van der Waals surface area contributed by atoms with Gasteiger partial charge in [0.15, 0.2) is 5.58 Å². The third-order valence-electron chi connectivity index (χ3n) is 3.42. The molecular weight excluding hydrogens is 318 g/mol. The Labute approximate surface area is 144 Å². The van der Waals surface area contributed by atoms with Crippen LogP contribution in [0.3, 0.4) is 0 Å². The number of para-hydroxylation sites is 2. The number of anilines is 1. The lowest BCUT2D eigenvalue weighted by Gasteiger charge is -2.04. The summed E-state index contributed by atoms with van der Waals surface area (Å²) in [7, 11) is 0. The predicted molar refractivity (Wildman–Crippen MR) is 93.6 cm³/mol. The number of hydrogen-bond donors (Lipinski definition) is 1. The van der Waals surface area contributed by atoms with E-state index in [0.29, 0.717) is 23.3 Å². The Morgan fingerprint density at radius 1 is 1.28 bits per heavy atom. The lowest BCUT2D eigenvalue weighted by molar-refractivity contribution is 0.0526. The molecule has 25 heavy (non-hydrogen) atoms. The van der Waals surface area contributed by atoms with Crippen LogP contribution in [0.4, 0.5) is 5.69 Å². The van der Waals surface area contributed by atoms with Gasteiger partial charge in [-0.2, -0.15) is 5.26 Å². The highest BCUT2D eigenvalue weighted by Gasteiger charge is 2.10. The van der Waals surface area contributed by atoms with Crippen LogP contribution in [0.5, 0.6) is 0 Å². The number of nitrogens with zero attached hydrogens (tertiary/aromatic N) is 2. The fraction of sp³-hybridized carbons (Fsp3) is 0.105. The van der Waals surface area contributed by atoms with Crippen LogP contribution < -0.4 is 5.32 Å². The number of ether oxygens (including phenoxy) is 1. The van der Waals surface area contributed by atoms with Crippen molar-refractivity contribution in [1.82, 2.24) is 4.98 Å². The van der Waals surface area contributed by atoms with Gasteiger partial charge in [-0.05, 0) is 43.3 Å². The van der Waals surface area contributed by atoms with Gasteiger partial charge in [0.25, 0.3) is 0 Å². The van der Waals surface area contributed by atoms with Crippen molar-refractivity contribution >= 4 is 28.3 Å². The van der Waals surface area contributed by atoms with E-state index >= 15 is 0 Å². The van der Waals surface area contributed by atoms with Crippen molar-refractivity contribution in [3.63, 3.8) is 0 Å². The first kappa shape index (κ1) is 16.3. The Hall–Kier alpha value is -3.59. The van der Waals surface area contributed by atoms with Crippen LogP contribution >= 0.6 is 0 Å². The Kier molecular flexibility index (Phi) is 4.77. The van der Waals surface area contributed by atoms with Crippen LogP contribution in [0.2, 0.25) is 0 Å². The fourth-order valence-electron chi connectivity index (χ4n) is 2.20. The third-order valence-corrected chi connectivity index (χ3v) is 3.42. The van der Waals surface area contributed by atoms with E-state index in [4.69, 9.17) is 9.15 Å². The first-order valence-corrected chi connectivity index (χ1v) is 7.71. The average molecular weight is 333 g/mol. The molecule has 124 valence electrons. The van der Waals surface area contributed by atoms with Gasteiger partial charge in [0.2, 0.25) is 5.89 Å². The van der Waals surface area contributed by atoms with Crippen LogP contribution in [0.1, 0.15) is 23.2 Å². The third kappa shape index (κ3) is 3.67. The van der Waals surface area contributed by atoms with Crippen LogP contribution in [0.25, 0.3) is 16.7 Å². The van der Waals surface area contributed by atoms with Gasteiger partial charge in [0.1, 0.15) is 17.2 Å². The van der Waals surface area contributed by atoms with Gasteiger partial charge < -0.3 is 14.5 Å². The van der Waals surface area contributed by atoms with Crippen molar-refractivity contribution in [3.05, 3.63) is 66.2 Å². The number of rotatable bonds is 5. The summed E-state index contributed by atoms with van der Waals surface area (Å²) in [4.78, 5) is 15.9. The molecule has 2 aromatic carbocycles. The monoisotopic (exact) mass is 333 g/mol. The zero-order valence-electron chi connectivity index (χ0n) is 13.5. The van der Waals surface area contributed by atoms with Gasteiger partial charge >= 0.3 is 5.97 Å². The molecular formula is C19H15N3O3. The molecule has 0 saturated carbocycles. The number of carbonyl (C=O) groups excluding carboxylic acids is 1. The standard InChI is InChI=1S/C19H15N3O3/c1-2-24-19(23)13-7-9-15(10-8-13)21-12-14(11-20)18-22-16-5-3-4-6-17(16)25-18/h3-10,12,21H,2H2,1H3. The van der Waals surface area contributed by atoms with E-state index in [1.54, 1.807) is 37.3 Å². The number of carbonyl (C=O) groups is 1. The minimum Gasteiger partial charge on any atom is -0.462 e. The zero-order chi connectivity index (χ0) is 17.6. The highest BCUT2D eigenvalue weighted by molar-refractivity contribution is 5.90. The second kappa shape index (κ2) is 7.32. The molecule has 6 heteroatoms. The van der Waals surface area contributed by atoms with Crippen LogP contribution in [-0.4, -0.2) is 17.6 Å². The summed E-state index contributed by atoms with van der Waals surface area (Å²) in [6.45, 7) is 2.09. The average Bonchev–Trinajstić information content (AvgIpc) is 3.07. The number of aromatic nitrogens is 1. The number of fused-ring (bicyclic) bond motifs is 1. The minimum absolute atomic E-state index is 0.249. The SMILES string of the molecule is CCOC(=O)c1ccc(NC=C(C#N)c2nc3ccccc3o2)cc1. The smallest absolute Gasteiger partial charge is 0.338 e. The number of hydrogen-bond acceptors (Lipinski definition) is 6. The molecule has 0 aliphatic carbocycles. The van der Waals surface area contributed by atoms with E-state index in [9.17, 15) is 10.1 Å². The molecule has 0 bridgehead atoms. The predicted octanol–water partition coefficient (Wildman–Crippen LogP) is 3.98. The lowest BCUT2D eigenvalue weighted by Crippen LogP contribution is -2.04. The number of esters is 1. The molecule has 0 aliphatic rings. The molecule has 0 aliphatic heterocycles. The van der Waals surface area contributed by atoms with Crippen molar-refractivity contribution in [2.24, 2.45) is 0 Å². The number of oxazole rings is 1. The minimum atomic E-state index is -0.367. The van der Waals surface area contributed by atoms with Crippen molar-refractivity contribution in [2.45, 2.75) is 6.92 Å². The van der Waals surface area contributed by atoms with E-state index in [1.807, 2.05) is 18.2 Å². The second-order valence-corrected chi connectivity index (χ2v) is 5.10. The van der Waals surface area contributed by atoms with Crippen LogP contribution in [0.15, 0.2) is 59.1 Å². The van der Waals surface area contributed by atoms with E-state index < -0.39 is 0 Å². The Balaban J connectivity index is 1.77. The number of nitrogens with one attached hydrogen (secondary N) is 1. The van der Waals surface area contributed by atoms with E-state index in [1.165, 1.54) is 6.20 Å². The van der Waals surface area contributed by atoms with E-state index in [0.717, 1.165) is 5.69 Å². The molecule has 0 fully saturated rings. The largest absolute Gasteiger partial charge is 0.462 e. The van der Waals surface area contributed by atoms with Gasteiger partial charge in [0, 0.05) is 11.9 Å². The van der Waals surface area contributed by atoms with E-state index in [-0.39, 0.29) is 17.4 Å². The molecule has 1 aromatic heterocycles. The highest BCUT2D eigenvalue weighted by Crippen LogP contribution is 2.21. The molecule has 3 rings (SSSR count). The molecule has 0 spiro atoms. The van der Waals surface area contributed by atoms with E-state index in [2.05, 4.69) is 16.4 Å². The van der Waals surface area contributed by atoms with Gasteiger partial charge in [-0.1, -0.05) is 12.1 Å². The fourth-order valence-corrected chi connectivity index (χ4v) is 2.20. The summed E-state index contributed by atoms with van der Waals surface area (Å²) in [5, 5.41) is 12.3. The summed E-state index contributed by atoms with van der Waals surface area (Å²) in [6.07, 6.45) is 1.52. The summed E-state index contributed by atoms with van der Waals surface area (Å²) in [5.41, 5.74) is 2.77. The van der Waals surface area contributed by atoms with Crippen molar-refractivity contribution < 1.29 is 13.9 Å². The summed E-state index contributed by atoms with van der Waals surface area (Å²) < 4.78 is 10.5. The van der Waals surface area contributed by atoms with Crippen LogP contribution in [-0.2, 0) is 4.74 Å². The van der Waals surface area contributed by atoms with Crippen LogP contribution in [0, 0.1) is 11.3 Å². The zero-order valence-corrected chi connectivity index (χ0v) is 13.5. The van der Waals surface area contributed by atoms with Crippen molar-refractivity contribution in [1.29, 1.82) is 5.26 Å². The van der Waals surface area contributed by atoms with Crippen molar-refractivity contribution in [2.75, 3.05) is 11.9 Å². The molecule has 0 amide bonds. The topological polar surface area (TPSA) is 88.1 Å². The molecule has 0 atom stereocenters. The lowest BCUT2D eigenvalue weighted by atomic mass is 10.2. The number of benzene rings is 2. The maximum atomic E-state index is 11.6. The first-order chi connectivity index (χ1) is 12.2. The molecule has 6 nitrogen and oxygen atoms in total. The maximum absolute atomic E-state index is 11.6. The summed E-state index contributed by atoms with van der Waals surface area (Å²) in [6, 6.07) is 16.1. The second-order valence-electron chi connectivity index (χ2n) is 5.10. The Morgan fingerprint density at radius 2 is 2.04 bits per heavy atom.